The first kappa shape index (κ1) is 8.75. The maximum atomic E-state index is 11.5. The Morgan fingerprint density at radius 2 is 2.08 bits per heavy atom. The fourth-order valence-electron chi connectivity index (χ4n) is 1.69. The summed E-state index contributed by atoms with van der Waals surface area (Å²) in [5.74, 6) is 0.371. The molecular formula is C10H9BrO2. The molecule has 0 atom stereocenters. The molecule has 1 N–H and O–H groups in total. The van der Waals surface area contributed by atoms with Crippen LogP contribution in [-0.2, 0) is 6.42 Å². The van der Waals surface area contributed by atoms with Gasteiger partial charge in [0.05, 0.1) is 0 Å². The maximum Gasteiger partial charge on any atom is 0.163 e. The molecular weight excluding hydrogens is 232 g/mol. The lowest BCUT2D eigenvalue weighted by atomic mass is 9.90. The van der Waals surface area contributed by atoms with Gasteiger partial charge in [-0.05, 0) is 25.0 Å². The van der Waals surface area contributed by atoms with Crippen LogP contribution in [0.15, 0.2) is 16.6 Å². The summed E-state index contributed by atoms with van der Waals surface area (Å²) in [4.78, 5) is 11.5. The lowest BCUT2D eigenvalue weighted by Gasteiger charge is -2.15. The molecule has 0 heterocycles. The average Bonchev–Trinajstić information content (AvgIpc) is 2.07. The highest BCUT2D eigenvalue weighted by molar-refractivity contribution is 9.10. The first-order valence-corrected chi connectivity index (χ1v) is 5.02. The number of hydrogen-bond donors (Lipinski definition) is 1. The number of rotatable bonds is 0. The van der Waals surface area contributed by atoms with Crippen molar-refractivity contribution in [1.82, 2.24) is 0 Å². The van der Waals surface area contributed by atoms with Crippen molar-refractivity contribution < 1.29 is 9.90 Å². The number of fused-ring (bicyclic) bond motifs is 1. The molecule has 1 aromatic rings. The molecule has 0 unspecified atom stereocenters. The van der Waals surface area contributed by atoms with Crippen LogP contribution in [0.1, 0.15) is 28.8 Å². The van der Waals surface area contributed by atoms with E-state index < -0.39 is 0 Å². The van der Waals surface area contributed by atoms with E-state index in [0.717, 1.165) is 22.9 Å². The average molecular weight is 241 g/mol. The highest BCUT2D eigenvalue weighted by Crippen LogP contribution is 2.31. The van der Waals surface area contributed by atoms with E-state index >= 15 is 0 Å². The van der Waals surface area contributed by atoms with Gasteiger partial charge in [0.15, 0.2) is 5.78 Å². The fraction of sp³-hybridized carbons (Fsp3) is 0.300. The normalized spacial score (nSPS) is 15.6. The van der Waals surface area contributed by atoms with Crippen LogP contribution in [0.25, 0.3) is 0 Å². The van der Waals surface area contributed by atoms with E-state index in [0.29, 0.717) is 12.0 Å². The largest absolute Gasteiger partial charge is 0.508 e. The smallest absolute Gasteiger partial charge is 0.163 e. The van der Waals surface area contributed by atoms with Crippen molar-refractivity contribution in [1.29, 1.82) is 0 Å². The van der Waals surface area contributed by atoms with Gasteiger partial charge in [-0.2, -0.15) is 0 Å². The predicted molar refractivity (Wildman–Crippen MR) is 53.1 cm³/mol. The second-order valence-corrected chi connectivity index (χ2v) is 4.14. The number of benzene rings is 1. The van der Waals surface area contributed by atoms with Gasteiger partial charge in [-0.3, -0.25) is 4.79 Å². The Bertz CT molecular complexity index is 371. The molecule has 2 nitrogen and oxygen atoms in total. The van der Waals surface area contributed by atoms with E-state index in [-0.39, 0.29) is 11.5 Å². The number of halogens is 1. The molecule has 0 bridgehead atoms. The summed E-state index contributed by atoms with van der Waals surface area (Å²) in [6.07, 6.45) is 2.25. The first-order chi connectivity index (χ1) is 6.18. The molecule has 0 amide bonds. The summed E-state index contributed by atoms with van der Waals surface area (Å²) in [6, 6.07) is 3.42. The molecule has 0 saturated carbocycles. The zero-order valence-corrected chi connectivity index (χ0v) is 8.60. The molecule has 1 aliphatic rings. The van der Waals surface area contributed by atoms with Crippen LogP contribution in [0.4, 0.5) is 0 Å². The van der Waals surface area contributed by atoms with E-state index in [1.807, 2.05) is 0 Å². The van der Waals surface area contributed by atoms with Gasteiger partial charge in [-0.15, -0.1) is 0 Å². The van der Waals surface area contributed by atoms with Crippen LogP contribution < -0.4 is 0 Å². The number of phenolic OH excluding ortho intramolecular Hbond substituents is 1. The molecule has 13 heavy (non-hydrogen) atoms. The van der Waals surface area contributed by atoms with Crippen molar-refractivity contribution in [3.05, 3.63) is 27.7 Å². The number of hydrogen-bond acceptors (Lipinski definition) is 2. The molecule has 68 valence electrons. The number of phenols is 1. The van der Waals surface area contributed by atoms with Crippen LogP contribution in [0, 0.1) is 0 Å². The highest BCUT2D eigenvalue weighted by atomic mass is 79.9. The Hall–Kier alpha value is -0.830. The molecule has 0 aromatic heterocycles. The summed E-state index contributed by atoms with van der Waals surface area (Å²) in [6.45, 7) is 0. The molecule has 0 saturated heterocycles. The summed E-state index contributed by atoms with van der Waals surface area (Å²) in [5.41, 5.74) is 1.48. The van der Waals surface area contributed by atoms with Crippen molar-refractivity contribution in [3.8, 4) is 5.75 Å². The molecule has 2 rings (SSSR count). The molecule has 1 aliphatic carbocycles. The van der Waals surface area contributed by atoms with Crippen LogP contribution in [0.5, 0.6) is 5.75 Å². The molecule has 1 aromatic carbocycles. The van der Waals surface area contributed by atoms with E-state index in [4.69, 9.17) is 0 Å². The minimum Gasteiger partial charge on any atom is -0.508 e. The van der Waals surface area contributed by atoms with Gasteiger partial charge in [0.1, 0.15) is 5.75 Å². The van der Waals surface area contributed by atoms with Gasteiger partial charge in [-0.25, -0.2) is 0 Å². The number of Topliss-reactive ketones (excluding diaryl/α,β-unsaturated/α-hetero) is 1. The number of aromatic hydroxyl groups is 1. The topological polar surface area (TPSA) is 37.3 Å². The minimum atomic E-state index is 0.137. The molecule has 3 heteroatoms. The van der Waals surface area contributed by atoms with Crippen molar-refractivity contribution in [2.75, 3.05) is 0 Å². The molecule has 0 fully saturated rings. The zero-order chi connectivity index (χ0) is 9.42. The summed E-state index contributed by atoms with van der Waals surface area (Å²) in [5, 5.41) is 9.57. The van der Waals surface area contributed by atoms with Gasteiger partial charge in [-0.1, -0.05) is 15.9 Å². The number of carbonyl (C=O) groups excluding carboxylic acids is 1. The van der Waals surface area contributed by atoms with Crippen molar-refractivity contribution in [2.45, 2.75) is 19.3 Å². The zero-order valence-electron chi connectivity index (χ0n) is 7.01. The summed E-state index contributed by atoms with van der Waals surface area (Å²) >= 11 is 3.26. The van der Waals surface area contributed by atoms with Gasteiger partial charge >= 0.3 is 0 Å². The van der Waals surface area contributed by atoms with Gasteiger partial charge < -0.3 is 5.11 Å². The van der Waals surface area contributed by atoms with Gasteiger partial charge in [0.2, 0.25) is 0 Å². The van der Waals surface area contributed by atoms with Gasteiger partial charge in [0, 0.05) is 22.0 Å². The maximum absolute atomic E-state index is 11.5. The van der Waals surface area contributed by atoms with Crippen LogP contribution in [0.3, 0.4) is 0 Å². The standard InChI is InChI=1S/C10H9BrO2/c11-6-4-8-7(10(13)5-6)2-1-3-9(8)12/h4-5,13H,1-3H2. The lowest BCUT2D eigenvalue weighted by Crippen LogP contribution is -2.10. The summed E-state index contributed by atoms with van der Waals surface area (Å²) in [7, 11) is 0. The van der Waals surface area contributed by atoms with Gasteiger partial charge in [0.25, 0.3) is 0 Å². The monoisotopic (exact) mass is 240 g/mol. The number of carbonyl (C=O) groups is 1. The van der Waals surface area contributed by atoms with E-state index in [9.17, 15) is 9.90 Å². The highest BCUT2D eigenvalue weighted by Gasteiger charge is 2.20. The van der Waals surface area contributed by atoms with E-state index in [2.05, 4.69) is 15.9 Å². The Labute approximate surface area is 84.7 Å². The Morgan fingerprint density at radius 3 is 2.85 bits per heavy atom. The van der Waals surface area contributed by atoms with Crippen LogP contribution in [0.2, 0.25) is 0 Å². The third-order valence-corrected chi connectivity index (χ3v) is 2.78. The number of ketones is 1. The Kier molecular flexibility index (Phi) is 2.12. The Balaban J connectivity index is 2.63. The second-order valence-electron chi connectivity index (χ2n) is 3.23. The van der Waals surface area contributed by atoms with Crippen molar-refractivity contribution in [3.63, 3.8) is 0 Å². The predicted octanol–water partition coefficient (Wildman–Crippen LogP) is 2.67. The Morgan fingerprint density at radius 1 is 1.31 bits per heavy atom. The molecule has 0 radical (unpaired) electrons. The fourth-order valence-corrected chi connectivity index (χ4v) is 2.14. The molecule has 0 spiro atoms. The summed E-state index contributed by atoms with van der Waals surface area (Å²) < 4.78 is 0.763. The van der Waals surface area contributed by atoms with E-state index in [1.165, 1.54) is 0 Å². The third kappa shape index (κ3) is 1.48. The first-order valence-electron chi connectivity index (χ1n) is 4.23. The quantitative estimate of drug-likeness (QED) is 0.758. The minimum absolute atomic E-state index is 0.137. The van der Waals surface area contributed by atoms with Crippen molar-refractivity contribution >= 4 is 21.7 Å². The van der Waals surface area contributed by atoms with Crippen LogP contribution >= 0.6 is 15.9 Å². The van der Waals surface area contributed by atoms with Crippen molar-refractivity contribution in [2.24, 2.45) is 0 Å². The van der Waals surface area contributed by atoms with E-state index in [1.54, 1.807) is 12.1 Å². The van der Waals surface area contributed by atoms with Crippen LogP contribution in [-0.4, -0.2) is 10.9 Å². The SMILES string of the molecule is O=C1CCCc2c(O)cc(Br)cc21. The third-order valence-electron chi connectivity index (χ3n) is 2.32. The second kappa shape index (κ2) is 3.14. The lowest BCUT2D eigenvalue weighted by molar-refractivity contribution is 0.0971. The molecule has 0 aliphatic heterocycles.